The highest BCUT2D eigenvalue weighted by Gasteiger charge is 2.08. The number of rotatable bonds is 4. The van der Waals surface area contributed by atoms with Crippen LogP contribution < -0.4 is 10.1 Å². The summed E-state index contributed by atoms with van der Waals surface area (Å²) in [7, 11) is 0. The maximum Gasteiger partial charge on any atom is 0.262 e. The molecule has 0 unspecified atom stereocenters. The first-order valence-electron chi connectivity index (χ1n) is 6.41. The van der Waals surface area contributed by atoms with Crippen LogP contribution in [0.2, 0.25) is 5.02 Å². The largest absolute Gasteiger partial charge is 0.483 e. The maximum atomic E-state index is 11.9. The van der Waals surface area contributed by atoms with Gasteiger partial charge in [0.25, 0.3) is 5.91 Å². The summed E-state index contributed by atoms with van der Waals surface area (Å²) in [5.74, 6) is 0.471. The Kier molecular flexibility index (Phi) is 5.26. The highest BCUT2D eigenvalue weighted by Crippen LogP contribution is 2.24. The Balaban J connectivity index is 1.97. The molecule has 0 bridgehead atoms. The van der Waals surface area contributed by atoms with Crippen LogP contribution in [0, 0.1) is 13.8 Å². The summed E-state index contributed by atoms with van der Waals surface area (Å²) in [6.45, 7) is 3.74. The third kappa shape index (κ3) is 4.22. The molecule has 1 amide bonds. The number of halogens is 2. The number of benzene rings is 2. The van der Waals surface area contributed by atoms with Gasteiger partial charge in [-0.3, -0.25) is 4.79 Å². The van der Waals surface area contributed by atoms with Crippen molar-refractivity contribution in [2.45, 2.75) is 13.8 Å². The van der Waals surface area contributed by atoms with Crippen molar-refractivity contribution in [1.29, 1.82) is 0 Å². The molecule has 3 nitrogen and oxygen atoms in total. The lowest BCUT2D eigenvalue weighted by atomic mass is 10.2. The fraction of sp³-hybridized carbons (Fsp3) is 0.188. The summed E-state index contributed by atoms with van der Waals surface area (Å²) in [4.78, 5) is 11.9. The van der Waals surface area contributed by atoms with Crippen molar-refractivity contribution >= 4 is 39.1 Å². The van der Waals surface area contributed by atoms with Gasteiger partial charge in [0.1, 0.15) is 5.75 Å². The molecule has 0 fully saturated rings. The lowest BCUT2D eigenvalue weighted by molar-refractivity contribution is -0.118. The van der Waals surface area contributed by atoms with Gasteiger partial charge in [-0.05, 0) is 55.3 Å². The van der Waals surface area contributed by atoms with Crippen molar-refractivity contribution in [3.8, 4) is 5.75 Å². The van der Waals surface area contributed by atoms with Gasteiger partial charge < -0.3 is 10.1 Å². The molecule has 0 spiro atoms. The van der Waals surface area contributed by atoms with E-state index in [0.717, 1.165) is 15.6 Å². The fourth-order valence-corrected chi connectivity index (χ4v) is 2.50. The molecule has 0 heterocycles. The van der Waals surface area contributed by atoms with Gasteiger partial charge in [0.15, 0.2) is 6.61 Å². The third-order valence-electron chi connectivity index (χ3n) is 3.04. The minimum absolute atomic E-state index is 0.0472. The number of hydrogen-bond acceptors (Lipinski definition) is 2. The zero-order valence-electron chi connectivity index (χ0n) is 11.7. The Bertz CT molecular complexity index is 673. The standard InChI is InChI=1S/C16H15BrClNO2/c1-10-8-12(17)6-7-15(10)21-9-16(20)19-14-5-3-4-13(18)11(14)2/h3-8H,9H2,1-2H3,(H,19,20). The number of nitrogens with one attached hydrogen (secondary N) is 1. The van der Waals surface area contributed by atoms with Crippen molar-refractivity contribution in [1.82, 2.24) is 0 Å². The van der Waals surface area contributed by atoms with E-state index in [1.54, 1.807) is 12.1 Å². The van der Waals surface area contributed by atoms with Crippen LogP contribution in [0.25, 0.3) is 0 Å². The molecule has 0 saturated heterocycles. The molecule has 0 aromatic heterocycles. The molecule has 0 aliphatic rings. The summed E-state index contributed by atoms with van der Waals surface area (Å²) >= 11 is 9.41. The molecule has 2 aromatic carbocycles. The first-order chi connectivity index (χ1) is 9.97. The summed E-state index contributed by atoms with van der Waals surface area (Å²) in [6.07, 6.45) is 0. The van der Waals surface area contributed by atoms with Crippen LogP contribution in [0.1, 0.15) is 11.1 Å². The van der Waals surface area contributed by atoms with Gasteiger partial charge in [-0.25, -0.2) is 0 Å². The van der Waals surface area contributed by atoms with Crippen LogP contribution in [-0.2, 0) is 4.79 Å². The molecule has 110 valence electrons. The predicted octanol–water partition coefficient (Wildman–Crippen LogP) is 4.74. The van der Waals surface area contributed by atoms with Gasteiger partial charge in [0.2, 0.25) is 0 Å². The van der Waals surface area contributed by atoms with Crippen LogP contribution in [0.4, 0.5) is 5.69 Å². The highest BCUT2D eigenvalue weighted by molar-refractivity contribution is 9.10. The monoisotopic (exact) mass is 367 g/mol. The zero-order valence-corrected chi connectivity index (χ0v) is 14.1. The van der Waals surface area contributed by atoms with Crippen LogP contribution >= 0.6 is 27.5 Å². The molecule has 0 aliphatic heterocycles. The summed E-state index contributed by atoms with van der Waals surface area (Å²) in [6, 6.07) is 11.0. The second-order valence-electron chi connectivity index (χ2n) is 4.66. The summed E-state index contributed by atoms with van der Waals surface area (Å²) < 4.78 is 6.51. The van der Waals surface area contributed by atoms with Gasteiger partial charge in [-0.1, -0.05) is 33.6 Å². The Hall–Kier alpha value is -1.52. The number of carbonyl (C=O) groups excluding carboxylic acids is 1. The second kappa shape index (κ2) is 6.96. The van der Waals surface area contributed by atoms with Gasteiger partial charge in [0.05, 0.1) is 0 Å². The van der Waals surface area contributed by atoms with E-state index in [1.807, 2.05) is 38.1 Å². The number of hydrogen-bond donors (Lipinski definition) is 1. The smallest absolute Gasteiger partial charge is 0.262 e. The summed E-state index contributed by atoms with van der Waals surface area (Å²) in [5.41, 5.74) is 2.51. The molecule has 21 heavy (non-hydrogen) atoms. The first kappa shape index (κ1) is 15.9. The van der Waals surface area contributed by atoms with Crippen LogP contribution in [0.5, 0.6) is 5.75 Å². The second-order valence-corrected chi connectivity index (χ2v) is 5.98. The van der Waals surface area contributed by atoms with E-state index < -0.39 is 0 Å². The van der Waals surface area contributed by atoms with Crippen LogP contribution in [0.3, 0.4) is 0 Å². The van der Waals surface area contributed by atoms with Crippen molar-refractivity contribution in [3.63, 3.8) is 0 Å². The van der Waals surface area contributed by atoms with Gasteiger partial charge in [-0.15, -0.1) is 0 Å². The minimum atomic E-state index is -0.220. The Morgan fingerprint density at radius 3 is 2.76 bits per heavy atom. The number of amides is 1. The molecule has 2 aromatic rings. The lowest BCUT2D eigenvalue weighted by Crippen LogP contribution is -2.20. The van der Waals surface area contributed by atoms with Gasteiger partial charge >= 0.3 is 0 Å². The quantitative estimate of drug-likeness (QED) is 0.846. The van der Waals surface area contributed by atoms with Crippen molar-refractivity contribution < 1.29 is 9.53 Å². The van der Waals surface area contributed by atoms with Gasteiger partial charge in [-0.2, -0.15) is 0 Å². The zero-order chi connectivity index (χ0) is 15.4. The molecule has 5 heteroatoms. The maximum absolute atomic E-state index is 11.9. The normalized spacial score (nSPS) is 10.3. The topological polar surface area (TPSA) is 38.3 Å². The molecular weight excluding hydrogens is 354 g/mol. The average molecular weight is 369 g/mol. The molecule has 2 rings (SSSR count). The average Bonchev–Trinajstić information content (AvgIpc) is 2.43. The number of carbonyl (C=O) groups is 1. The third-order valence-corrected chi connectivity index (χ3v) is 3.94. The van der Waals surface area contributed by atoms with Crippen molar-refractivity contribution in [2.75, 3.05) is 11.9 Å². The van der Waals surface area contributed by atoms with E-state index in [2.05, 4.69) is 21.2 Å². The first-order valence-corrected chi connectivity index (χ1v) is 7.58. The minimum Gasteiger partial charge on any atom is -0.483 e. The molecular formula is C16H15BrClNO2. The Morgan fingerprint density at radius 1 is 1.29 bits per heavy atom. The Labute approximate surface area is 137 Å². The lowest BCUT2D eigenvalue weighted by Gasteiger charge is -2.11. The SMILES string of the molecule is Cc1cc(Br)ccc1OCC(=O)Nc1cccc(Cl)c1C. The van der Waals surface area contributed by atoms with E-state index in [9.17, 15) is 4.79 Å². The van der Waals surface area contributed by atoms with Crippen LogP contribution in [-0.4, -0.2) is 12.5 Å². The molecule has 0 saturated carbocycles. The predicted molar refractivity (Wildman–Crippen MR) is 89.2 cm³/mol. The highest BCUT2D eigenvalue weighted by atomic mass is 79.9. The van der Waals surface area contributed by atoms with Crippen LogP contribution in [0.15, 0.2) is 40.9 Å². The van der Waals surface area contributed by atoms with E-state index >= 15 is 0 Å². The molecule has 1 N–H and O–H groups in total. The Morgan fingerprint density at radius 2 is 2.05 bits per heavy atom. The van der Waals surface area contributed by atoms with E-state index in [1.165, 1.54) is 0 Å². The van der Waals surface area contributed by atoms with E-state index in [4.69, 9.17) is 16.3 Å². The van der Waals surface area contributed by atoms with E-state index in [0.29, 0.717) is 16.5 Å². The number of ether oxygens (including phenoxy) is 1. The molecule has 0 aliphatic carbocycles. The number of anilines is 1. The fourth-order valence-electron chi connectivity index (χ4n) is 1.85. The molecule has 0 atom stereocenters. The van der Waals surface area contributed by atoms with E-state index in [-0.39, 0.29) is 12.5 Å². The number of aryl methyl sites for hydroxylation is 1. The van der Waals surface area contributed by atoms with Crippen molar-refractivity contribution in [2.24, 2.45) is 0 Å². The summed E-state index contributed by atoms with van der Waals surface area (Å²) in [5, 5.41) is 3.42. The molecule has 0 radical (unpaired) electrons. The van der Waals surface area contributed by atoms with Gasteiger partial charge in [0, 0.05) is 15.2 Å². The van der Waals surface area contributed by atoms with Crippen molar-refractivity contribution in [3.05, 3.63) is 57.0 Å².